The molecule has 1 fully saturated rings. The first-order valence-electron chi connectivity index (χ1n) is 5.29. The van der Waals surface area contributed by atoms with Crippen molar-refractivity contribution in [2.45, 2.75) is 44.8 Å². The van der Waals surface area contributed by atoms with E-state index in [0.717, 1.165) is 26.0 Å². The van der Waals surface area contributed by atoms with E-state index < -0.39 is 0 Å². The quantitative estimate of drug-likeness (QED) is 0.607. The molecule has 0 amide bonds. The summed E-state index contributed by atoms with van der Waals surface area (Å²) in [5, 5.41) is 12.2. The highest BCUT2D eigenvalue weighted by molar-refractivity contribution is 4.65. The minimum atomic E-state index is -0.234. The molecule has 3 heteroatoms. The second-order valence-corrected chi connectivity index (χ2v) is 3.83. The van der Waals surface area contributed by atoms with E-state index in [1.807, 2.05) is 0 Å². The smallest absolute Gasteiger partial charge is 0.0636 e. The Labute approximate surface area is 80.5 Å². The SMILES string of the molecule is CC(O)CNCCCC1CCCO1. The minimum Gasteiger partial charge on any atom is -0.392 e. The minimum absolute atomic E-state index is 0.234. The molecule has 0 saturated carbocycles. The van der Waals surface area contributed by atoms with Gasteiger partial charge in [-0.3, -0.25) is 0 Å². The van der Waals surface area contributed by atoms with E-state index in [9.17, 15) is 0 Å². The number of aliphatic hydroxyl groups excluding tert-OH is 1. The second-order valence-electron chi connectivity index (χ2n) is 3.83. The maximum absolute atomic E-state index is 8.98. The average Bonchev–Trinajstić information content (AvgIpc) is 2.55. The van der Waals surface area contributed by atoms with E-state index in [1.54, 1.807) is 6.92 Å². The van der Waals surface area contributed by atoms with Crippen molar-refractivity contribution < 1.29 is 9.84 Å². The van der Waals surface area contributed by atoms with Crippen LogP contribution in [-0.4, -0.2) is 37.0 Å². The Kier molecular flexibility index (Phi) is 5.35. The van der Waals surface area contributed by atoms with Crippen LogP contribution in [0.5, 0.6) is 0 Å². The van der Waals surface area contributed by atoms with Crippen LogP contribution in [0.1, 0.15) is 32.6 Å². The summed E-state index contributed by atoms with van der Waals surface area (Å²) < 4.78 is 5.50. The van der Waals surface area contributed by atoms with Gasteiger partial charge in [-0.2, -0.15) is 0 Å². The summed E-state index contributed by atoms with van der Waals surface area (Å²) in [6.07, 6.45) is 5.04. The lowest BCUT2D eigenvalue weighted by molar-refractivity contribution is 0.102. The van der Waals surface area contributed by atoms with Crippen LogP contribution in [0.3, 0.4) is 0 Å². The normalized spacial score (nSPS) is 24.9. The fourth-order valence-corrected chi connectivity index (χ4v) is 1.64. The Morgan fingerprint density at radius 1 is 1.62 bits per heavy atom. The van der Waals surface area contributed by atoms with E-state index in [1.165, 1.54) is 12.8 Å². The zero-order valence-corrected chi connectivity index (χ0v) is 8.46. The standard InChI is InChI=1S/C10H21NO2/c1-9(12)8-11-6-2-4-10-5-3-7-13-10/h9-12H,2-8H2,1H3. The molecule has 0 radical (unpaired) electrons. The summed E-state index contributed by atoms with van der Waals surface area (Å²) in [6, 6.07) is 0. The monoisotopic (exact) mass is 187 g/mol. The van der Waals surface area contributed by atoms with Crippen molar-refractivity contribution in [1.82, 2.24) is 5.32 Å². The highest BCUT2D eigenvalue weighted by Gasteiger charge is 2.14. The summed E-state index contributed by atoms with van der Waals surface area (Å²) in [5.74, 6) is 0. The Balaban J connectivity index is 1.83. The first-order chi connectivity index (χ1) is 6.29. The van der Waals surface area contributed by atoms with Crippen LogP contribution in [0.2, 0.25) is 0 Å². The molecule has 1 aliphatic heterocycles. The lowest BCUT2D eigenvalue weighted by Crippen LogP contribution is -2.25. The predicted molar refractivity (Wildman–Crippen MR) is 52.8 cm³/mol. The average molecular weight is 187 g/mol. The molecule has 1 aliphatic rings. The van der Waals surface area contributed by atoms with Crippen molar-refractivity contribution in [3.05, 3.63) is 0 Å². The fourth-order valence-electron chi connectivity index (χ4n) is 1.64. The third-order valence-corrected chi connectivity index (χ3v) is 2.34. The van der Waals surface area contributed by atoms with E-state index in [-0.39, 0.29) is 6.10 Å². The van der Waals surface area contributed by atoms with Gasteiger partial charge in [-0.25, -0.2) is 0 Å². The molecular formula is C10H21NO2. The Morgan fingerprint density at radius 2 is 2.46 bits per heavy atom. The summed E-state index contributed by atoms with van der Waals surface area (Å²) >= 11 is 0. The molecule has 1 saturated heterocycles. The lowest BCUT2D eigenvalue weighted by atomic mass is 10.1. The second kappa shape index (κ2) is 6.35. The first-order valence-corrected chi connectivity index (χ1v) is 5.29. The number of nitrogens with one attached hydrogen (secondary N) is 1. The van der Waals surface area contributed by atoms with Crippen molar-refractivity contribution >= 4 is 0 Å². The Hall–Kier alpha value is -0.120. The fraction of sp³-hybridized carbons (Fsp3) is 1.00. The zero-order valence-electron chi connectivity index (χ0n) is 8.46. The Morgan fingerprint density at radius 3 is 3.08 bits per heavy atom. The molecule has 1 rings (SSSR count). The van der Waals surface area contributed by atoms with Crippen LogP contribution in [0, 0.1) is 0 Å². The molecule has 78 valence electrons. The summed E-state index contributed by atoms with van der Waals surface area (Å²) in [5.41, 5.74) is 0. The topological polar surface area (TPSA) is 41.5 Å². The maximum Gasteiger partial charge on any atom is 0.0636 e. The van der Waals surface area contributed by atoms with Crippen molar-refractivity contribution in [3.8, 4) is 0 Å². The number of aliphatic hydroxyl groups is 1. The number of hydrogen-bond donors (Lipinski definition) is 2. The predicted octanol–water partition coefficient (Wildman–Crippen LogP) is 0.916. The molecular weight excluding hydrogens is 166 g/mol. The lowest BCUT2D eigenvalue weighted by Gasteiger charge is -2.10. The van der Waals surface area contributed by atoms with Gasteiger partial charge < -0.3 is 15.2 Å². The van der Waals surface area contributed by atoms with Gasteiger partial charge in [0.15, 0.2) is 0 Å². The highest BCUT2D eigenvalue weighted by atomic mass is 16.5. The van der Waals surface area contributed by atoms with Gasteiger partial charge in [-0.1, -0.05) is 0 Å². The summed E-state index contributed by atoms with van der Waals surface area (Å²) in [6.45, 7) is 4.44. The van der Waals surface area contributed by atoms with Gasteiger partial charge in [0.25, 0.3) is 0 Å². The molecule has 2 unspecified atom stereocenters. The zero-order chi connectivity index (χ0) is 9.52. The maximum atomic E-state index is 8.98. The largest absolute Gasteiger partial charge is 0.392 e. The van der Waals surface area contributed by atoms with E-state index >= 15 is 0 Å². The van der Waals surface area contributed by atoms with Crippen molar-refractivity contribution in [2.75, 3.05) is 19.7 Å². The van der Waals surface area contributed by atoms with Crippen LogP contribution in [0.4, 0.5) is 0 Å². The van der Waals surface area contributed by atoms with Crippen LogP contribution in [0.25, 0.3) is 0 Å². The van der Waals surface area contributed by atoms with Crippen LogP contribution in [0.15, 0.2) is 0 Å². The molecule has 0 aliphatic carbocycles. The van der Waals surface area contributed by atoms with Gasteiger partial charge in [0.1, 0.15) is 0 Å². The van der Waals surface area contributed by atoms with Gasteiger partial charge >= 0.3 is 0 Å². The van der Waals surface area contributed by atoms with Gasteiger partial charge in [0, 0.05) is 13.2 Å². The molecule has 1 heterocycles. The molecule has 0 aromatic carbocycles. The molecule has 13 heavy (non-hydrogen) atoms. The summed E-state index contributed by atoms with van der Waals surface area (Å²) in [7, 11) is 0. The van der Waals surface area contributed by atoms with E-state index in [2.05, 4.69) is 5.32 Å². The van der Waals surface area contributed by atoms with Crippen molar-refractivity contribution in [1.29, 1.82) is 0 Å². The van der Waals surface area contributed by atoms with Gasteiger partial charge in [-0.05, 0) is 39.2 Å². The van der Waals surface area contributed by atoms with E-state index in [4.69, 9.17) is 9.84 Å². The van der Waals surface area contributed by atoms with Gasteiger partial charge in [0.2, 0.25) is 0 Å². The van der Waals surface area contributed by atoms with Crippen molar-refractivity contribution in [3.63, 3.8) is 0 Å². The number of hydrogen-bond acceptors (Lipinski definition) is 3. The van der Waals surface area contributed by atoms with Crippen LogP contribution < -0.4 is 5.32 Å². The van der Waals surface area contributed by atoms with E-state index in [0.29, 0.717) is 12.6 Å². The molecule has 2 atom stereocenters. The molecule has 3 nitrogen and oxygen atoms in total. The molecule has 2 N–H and O–H groups in total. The van der Waals surface area contributed by atoms with Crippen LogP contribution >= 0.6 is 0 Å². The van der Waals surface area contributed by atoms with Crippen LogP contribution in [-0.2, 0) is 4.74 Å². The third-order valence-electron chi connectivity index (χ3n) is 2.34. The van der Waals surface area contributed by atoms with Crippen molar-refractivity contribution in [2.24, 2.45) is 0 Å². The molecule has 0 spiro atoms. The molecule has 0 aromatic rings. The molecule has 0 aromatic heterocycles. The summed E-state index contributed by atoms with van der Waals surface area (Å²) in [4.78, 5) is 0. The first kappa shape index (κ1) is 11.0. The highest BCUT2D eigenvalue weighted by Crippen LogP contribution is 2.16. The number of ether oxygens (including phenoxy) is 1. The van der Waals surface area contributed by atoms with Gasteiger partial charge in [-0.15, -0.1) is 0 Å². The van der Waals surface area contributed by atoms with Gasteiger partial charge in [0.05, 0.1) is 12.2 Å². The third kappa shape index (κ3) is 5.24. The molecule has 0 bridgehead atoms. The Bertz CT molecular complexity index is 122. The number of rotatable bonds is 6.